The standard InChI is InChI=1S/C12H14F2N2O/c1-2-9(17)5-6-16-10-4-3-8(7-15)11(13)12(10)14/h3-4,9,16-17H,2,5-6H2,1H3. The molecule has 0 radical (unpaired) electrons. The molecule has 1 atom stereocenters. The summed E-state index contributed by atoms with van der Waals surface area (Å²) in [5.74, 6) is -2.21. The summed E-state index contributed by atoms with van der Waals surface area (Å²) in [6, 6.07) is 4.10. The highest BCUT2D eigenvalue weighted by atomic mass is 19.2. The van der Waals surface area contributed by atoms with Gasteiger partial charge in [-0.2, -0.15) is 5.26 Å². The summed E-state index contributed by atoms with van der Waals surface area (Å²) in [4.78, 5) is 0. The molecule has 92 valence electrons. The topological polar surface area (TPSA) is 56.0 Å². The van der Waals surface area contributed by atoms with Crippen LogP contribution in [-0.2, 0) is 0 Å². The summed E-state index contributed by atoms with van der Waals surface area (Å²) in [5, 5.41) is 20.5. The number of hydrogen-bond acceptors (Lipinski definition) is 3. The zero-order valence-electron chi connectivity index (χ0n) is 9.50. The molecule has 17 heavy (non-hydrogen) atoms. The van der Waals surface area contributed by atoms with Gasteiger partial charge < -0.3 is 10.4 Å². The first-order valence-corrected chi connectivity index (χ1v) is 5.40. The first kappa shape index (κ1) is 13.4. The Bertz CT molecular complexity index is 429. The predicted molar refractivity (Wildman–Crippen MR) is 60.5 cm³/mol. The van der Waals surface area contributed by atoms with E-state index in [-0.39, 0.29) is 11.3 Å². The Morgan fingerprint density at radius 3 is 2.71 bits per heavy atom. The SMILES string of the molecule is CCC(O)CCNc1ccc(C#N)c(F)c1F. The van der Waals surface area contributed by atoms with Crippen LogP contribution in [-0.4, -0.2) is 17.8 Å². The van der Waals surface area contributed by atoms with E-state index in [1.807, 2.05) is 6.92 Å². The van der Waals surface area contributed by atoms with Crippen LogP contribution >= 0.6 is 0 Å². The lowest BCUT2D eigenvalue weighted by Gasteiger charge is -2.11. The Morgan fingerprint density at radius 2 is 2.12 bits per heavy atom. The summed E-state index contributed by atoms with van der Waals surface area (Å²) in [6.45, 7) is 2.18. The van der Waals surface area contributed by atoms with Gasteiger partial charge in [0.05, 0.1) is 17.4 Å². The number of rotatable bonds is 5. The molecular weight excluding hydrogens is 226 g/mol. The van der Waals surface area contributed by atoms with E-state index in [9.17, 15) is 13.9 Å². The van der Waals surface area contributed by atoms with Crippen LogP contribution in [0.5, 0.6) is 0 Å². The van der Waals surface area contributed by atoms with Gasteiger partial charge in [-0.3, -0.25) is 0 Å². The second kappa shape index (κ2) is 6.16. The van der Waals surface area contributed by atoms with Crippen LogP contribution in [0.15, 0.2) is 12.1 Å². The smallest absolute Gasteiger partial charge is 0.183 e. The molecule has 0 aromatic heterocycles. The number of aliphatic hydroxyl groups is 1. The lowest BCUT2D eigenvalue weighted by atomic mass is 10.1. The van der Waals surface area contributed by atoms with Crippen molar-refractivity contribution in [3.8, 4) is 6.07 Å². The highest BCUT2D eigenvalue weighted by molar-refractivity contribution is 5.49. The molecule has 1 aromatic rings. The highest BCUT2D eigenvalue weighted by Crippen LogP contribution is 2.20. The number of halogens is 2. The second-order valence-corrected chi connectivity index (χ2v) is 3.68. The summed E-state index contributed by atoms with van der Waals surface area (Å²) in [5.41, 5.74) is -0.313. The maximum atomic E-state index is 13.4. The van der Waals surface area contributed by atoms with E-state index in [0.29, 0.717) is 19.4 Å². The van der Waals surface area contributed by atoms with E-state index >= 15 is 0 Å². The number of nitriles is 1. The number of benzene rings is 1. The number of nitrogens with one attached hydrogen (secondary N) is 1. The van der Waals surface area contributed by atoms with Gasteiger partial charge in [0, 0.05) is 6.54 Å². The number of hydrogen-bond donors (Lipinski definition) is 2. The van der Waals surface area contributed by atoms with Crippen molar-refractivity contribution in [2.45, 2.75) is 25.9 Å². The van der Waals surface area contributed by atoms with Crippen molar-refractivity contribution >= 4 is 5.69 Å². The number of anilines is 1. The molecule has 1 unspecified atom stereocenters. The fourth-order valence-corrected chi connectivity index (χ4v) is 1.35. The Morgan fingerprint density at radius 1 is 1.41 bits per heavy atom. The fourth-order valence-electron chi connectivity index (χ4n) is 1.35. The van der Waals surface area contributed by atoms with E-state index in [1.54, 1.807) is 6.07 Å². The average molecular weight is 240 g/mol. The summed E-state index contributed by atoms with van der Waals surface area (Å²) < 4.78 is 26.6. The molecule has 0 heterocycles. The summed E-state index contributed by atoms with van der Waals surface area (Å²) in [6.07, 6.45) is 0.623. The Balaban J connectivity index is 2.67. The average Bonchev–Trinajstić information content (AvgIpc) is 2.34. The van der Waals surface area contributed by atoms with Crippen molar-refractivity contribution in [1.82, 2.24) is 0 Å². The molecule has 0 fully saturated rings. The molecule has 1 rings (SSSR count). The van der Waals surface area contributed by atoms with Gasteiger partial charge >= 0.3 is 0 Å². The maximum absolute atomic E-state index is 13.4. The zero-order chi connectivity index (χ0) is 12.8. The largest absolute Gasteiger partial charge is 0.393 e. The summed E-state index contributed by atoms with van der Waals surface area (Å²) >= 11 is 0. The Kier molecular flexibility index (Phi) is 4.85. The van der Waals surface area contributed by atoms with Crippen LogP contribution < -0.4 is 5.32 Å². The first-order chi connectivity index (χ1) is 8.10. The van der Waals surface area contributed by atoms with E-state index in [1.165, 1.54) is 12.1 Å². The molecule has 1 aromatic carbocycles. The van der Waals surface area contributed by atoms with Gasteiger partial charge in [0.2, 0.25) is 0 Å². The molecule has 0 aliphatic rings. The first-order valence-electron chi connectivity index (χ1n) is 5.40. The molecule has 2 N–H and O–H groups in total. The van der Waals surface area contributed by atoms with Crippen molar-refractivity contribution in [2.24, 2.45) is 0 Å². The van der Waals surface area contributed by atoms with Gasteiger partial charge in [-0.25, -0.2) is 8.78 Å². The minimum absolute atomic E-state index is 0.00445. The fraction of sp³-hybridized carbons (Fsp3) is 0.417. The second-order valence-electron chi connectivity index (χ2n) is 3.68. The van der Waals surface area contributed by atoms with E-state index in [2.05, 4.69) is 5.32 Å². The van der Waals surface area contributed by atoms with Crippen molar-refractivity contribution in [3.63, 3.8) is 0 Å². The van der Waals surface area contributed by atoms with Crippen LogP contribution in [0.3, 0.4) is 0 Å². The number of aliphatic hydroxyl groups excluding tert-OH is 1. The molecule has 0 spiro atoms. The van der Waals surface area contributed by atoms with Gasteiger partial charge in [-0.05, 0) is 25.0 Å². The third kappa shape index (κ3) is 3.40. The summed E-state index contributed by atoms with van der Waals surface area (Å²) in [7, 11) is 0. The minimum Gasteiger partial charge on any atom is -0.393 e. The van der Waals surface area contributed by atoms with Crippen LogP contribution in [0, 0.1) is 23.0 Å². The molecule has 0 saturated heterocycles. The Labute approximate surface area is 98.7 Å². The number of nitrogens with zero attached hydrogens (tertiary/aromatic N) is 1. The maximum Gasteiger partial charge on any atom is 0.183 e. The third-order valence-corrected chi connectivity index (χ3v) is 2.47. The molecule has 0 bridgehead atoms. The van der Waals surface area contributed by atoms with Crippen molar-refractivity contribution in [1.29, 1.82) is 5.26 Å². The third-order valence-electron chi connectivity index (χ3n) is 2.47. The highest BCUT2D eigenvalue weighted by Gasteiger charge is 2.12. The molecule has 0 amide bonds. The molecule has 3 nitrogen and oxygen atoms in total. The van der Waals surface area contributed by atoms with Crippen LogP contribution in [0.25, 0.3) is 0 Å². The predicted octanol–water partition coefficient (Wildman–Crippen LogP) is 2.41. The van der Waals surface area contributed by atoms with Crippen LogP contribution in [0.1, 0.15) is 25.3 Å². The monoisotopic (exact) mass is 240 g/mol. The van der Waals surface area contributed by atoms with Crippen molar-refractivity contribution in [2.75, 3.05) is 11.9 Å². The van der Waals surface area contributed by atoms with Gasteiger partial charge in [0.25, 0.3) is 0 Å². The molecule has 0 aliphatic carbocycles. The van der Waals surface area contributed by atoms with Crippen LogP contribution in [0.4, 0.5) is 14.5 Å². The quantitative estimate of drug-likeness (QED) is 0.831. The van der Waals surface area contributed by atoms with Gasteiger partial charge in [-0.15, -0.1) is 0 Å². The van der Waals surface area contributed by atoms with Gasteiger partial charge in [0.15, 0.2) is 11.6 Å². The van der Waals surface area contributed by atoms with E-state index in [4.69, 9.17) is 5.26 Å². The van der Waals surface area contributed by atoms with Gasteiger partial charge in [0.1, 0.15) is 6.07 Å². The van der Waals surface area contributed by atoms with E-state index < -0.39 is 17.7 Å². The zero-order valence-corrected chi connectivity index (χ0v) is 9.50. The normalized spacial score (nSPS) is 11.9. The van der Waals surface area contributed by atoms with Crippen molar-refractivity contribution < 1.29 is 13.9 Å². The molecule has 5 heteroatoms. The van der Waals surface area contributed by atoms with Gasteiger partial charge in [-0.1, -0.05) is 6.92 Å². The van der Waals surface area contributed by atoms with Crippen LogP contribution in [0.2, 0.25) is 0 Å². The lowest BCUT2D eigenvalue weighted by molar-refractivity contribution is 0.164. The van der Waals surface area contributed by atoms with Crippen molar-refractivity contribution in [3.05, 3.63) is 29.3 Å². The van der Waals surface area contributed by atoms with E-state index in [0.717, 1.165) is 0 Å². The minimum atomic E-state index is -1.14. The Hall–Kier alpha value is -1.67. The lowest BCUT2D eigenvalue weighted by Crippen LogP contribution is -2.13. The molecule has 0 aliphatic heterocycles. The molecule has 0 saturated carbocycles. The molecular formula is C12H14F2N2O.